The van der Waals surface area contributed by atoms with Crippen LogP contribution in [0.5, 0.6) is 5.75 Å². The summed E-state index contributed by atoms with van der Waals surface area (Å²) in [5.74, 6) is 0.137. The van der Waals surface area contributed by atoms with Gasteiger partial charge in [0.1, 0.15) is 29.4 Å². The van der Waals surface area contributed by atoms with Crippen molar-refractivity contribution in [2.75, 3.05) is 6.61 Å². The minimum Gasteiger partial charge on any atom is -0.492 e. The molecular formula is C17H17NO5. The SMILES string of the molecule is Cc1oc(CNC(=O)C2COc3ccccc3C2)cc1C(=O)O. The van der Waals surface area contributed by atoms with E-state index in [0.29, 0.717) is 24.5 Å². The third-order valence-corrected chi connectivity index (χ3v) is 3.89. The van der Waals surface area contributed by atoms with E-state index in [9.17, 15) is 9.59 Å². The molecule has 120 valence electrons. The van der Waals surface area contributed by atoms with Gasteiger partial charge >= 0.3 is 5.97 Å². The molecule has 1 aromatic heterocycles. The number of rotatable bonds is 4. The smallest absolute Gasteiger partial charge is 0.339 e. The summed E-state index contributed by atoms with van der Waals surface area (Å²) in [6, 6.07) is 9.09. The number of aryl methyl sites for hydroxylation is 1. The second kappa shape index (κ2) is 6.16. The summed E-state index contributed by atoms with van der Waals surface area (Å²) in [6.07, 6.45) is 0.625. The Morgan fingerprint density at radius 2 is 2.13 bits per heavy atom. The van der Waals surface area contributed by atoms with Crippen molar-refractivity contribution in [3.63, 3.8) is 0 Å². The van der Waals surface area contributed by atoms with Crippen molar-refractivity contribution < 1.29 is 23.8 Å². The molecule has 0 saturated carbocycles. The lowest BCUT2D eigenvalue weighted by Gasteiger charge is -2.24. The van der Waals surface area contributed by atoms with Crippen molar-refractivity contribution in [3.05, 3.63) is 53.0 Å². The summed E-state index contributed by atoms with van der Waals surface area (Å²) < 4.78 is 10.9. The second-order valence-electron chi connectivity index (χ2n) is 5.53. The number of fused-ring (bicyclic) bond motifs is 1. The molecule has 1 amide bonds. The number of aromatic carboxylic acids is 1. The molecule has 6 heteroatoms. The Morgan fingerprint density at radius 3 is 2.87 bits per heavy atom. The van der Waals surface area contributed by atoms with Crippen LogP contribution in [0.4, 0.5) is 0 Å². The van der Waals surface area contributed by atoms with E-state index < -0.39 is 5.97 Å². The Morgan fingerprint density at radius 1 is 1.35 bits per heavy atom. The van der Waals surface area contributed by atoms with Gasteiger partial charge in [0.05, 0.1) is 12.5 Å². The summed E-state index contributed by atoms with van der Waals surface area (Å²) >= 11 is 0. The highest BCUT2D eigenvalue weighted by Gasteiger charge is 2.26. The van der Waals surface area contributed by atoms with E-state index in [2.05, 4.69) is 5.32 Å². The number of carbonyl (C=O) groups excluding carboxylic acids is 1. The molecule has 2 N–H and O–H groups in total. The Bertz CT molecular complexity index is 749. The van der Waals surface area contributed by atoms with Gasteiger partial charge in [-0.15, -0.1) is 0 Å². The Hall–Kier alpha value is -2.76. The Kier molecular flexibility index (Phi) is 4.06. The first kappa shape index (κ1) is 15.1. The molecule has 0 fully saturated rings. The maximum Gasteiger partial charge on any atom is 0.339 e. The van der Waals surface area contributed by atoms with E-state index in [1.54, 1.807) is 6.92 Å². The molecule has 0 saturated heterocycles. The molecule has 0 radical (unpaired) electrons. The molecule has 0 aliphatic carbocycles. The third-order valence-electron chi connectivity index (χ3n) is 3.89. The zero-order valence-electron chi connectivity index (χ0n) is 12.7. The third kappa shape index (κ3) is 3.21. The van der Waals surface area contributed by atoms with Gasteiger partial charge in [0.2, 0.25) is 5.91 Å². The number of carboxylic acids is 1. The van der Waals surface area contributed by atoms with Gasteiger partial charge in [-0.25, -0.2) is 4.79 Å². The number of carboxylic acid groups (broad SMARTS) is 1. The van der Waals surface area contributed by atoms with Crippen LogP contribution in [0.2, 0.25) is 0 Å². The van der Waals surface area contributed by atoms with Crippen LogP contribution in [0.3, 0.4) is 0 Å². The topological polar surface area (TPSA) is 88.8 Å². The van der Waals surface area contributed by atoms with E-state index in [1.165, 1.54) is 6.07 Å². The quantitative estimate of drug-likeness (QED) is 0.902. The predicted molar refractivity (Wildman–Crippen MR) is 81.4 cm³/mol. The number of carbonyl (C=O) groups is 2. The van der Waals surface area contributed by atoms with E-state index in [0.717, 1.165) is 11.3 Å². The largest absolute Gasteiger partial charge is 0.492 e. The number of hydrogen-bond donors (Lipinski definition) is 2. The molecule has 0 bridgehead atoms. The summed E-state index contributed by atoms with van der Waals surface area (Å²) in [5, 5.41) is 11.8. The van der Waals surface area contributed by atoms with Gasteiger partial charge in [0.25, 0.3) is 0 Å². The fourth-order valence-corrected chi connectivity index (χ4v) is 2.66. The fraction of sp³-hybridized carbons (Fsp3) is 0.294. The van der Waals surface area contributed by atoms with Gasteiger partial charge in [-0.1, -0.05) is 18.2 Å². The van der Waals surface area contributed by atoms with Crippen LogP contribution < -0.4 is 10.1 Å². The van der Waals surface area contributed by atoms with Crippen LogP contribution in [0.15, 0.2) is 34.7 Å². The van der Waals surface area contributed by atoms with Crippen molar-refractivity contribution in [1.82, 2.24) is 5.32 Å². The fourth-order valence-electron chi connectivity index (χ4n) is 2.66. The molecule has 23 heavy (non-hydrogen) atoms. The van der Waals surface area contributed by atoms with E-state index in [-0.39, 0.29) is 23.9 Å². The Labute approximate surface area is 133 Å². The average molecular weight is 315 g/mol. The molecule has 2 aromatic rings. The highest BCUT2D eigenvalue weighted by Crippen LogP contribution is 2.26. The van der Waals surface area contributed by atoms with Gasteiger partial charge in [0.15, 0.2) is 0 Å². The maximum atomic E-state index is 12.3. The molecule has 2 heterocycles. The average Bonchev–Trinajstić information content (AvgIpc) is 2.93. The van der Waals surface area contributed by atoms with Crippen LogP contribution >= 0.6 is 0 Å². The van der Waals surface area contributed by atoms with Crippen molar-refractivity contribution in [2.45, 2.75) is 19.9 Å². The molecule has 0 spiro atoms. The van der Waals surface area contributed by atoms with Crippen molar-refractivity contribution in [3.8, 4) is 5.75 Å². The minimum absolute atomic E-state index is 0.115. The number of nitrogens with one attached hydrogen (secondary N) is 1. The first-order valence-electron chi connectivity index (χ1n) is 7.35. The lowest BCUT2D eigenvalue weighted by Crippen LogP contribution is -2.36. The van der Waals surface area contributed by atoms with Crippen LogP contribution in [0, 0.1) is 12.8 Å². The molecule has 1 atom stereocenters. The predicted octanol–water partition coefficient (Wildman–Crippen LogP) is 2.15. The lowest BCUT2D eigenvalue weighted by atomic mass is 9.96. The van der Waals surface area contributed by atoms with Crippen LogP contribution in [0.1, 0.15) is 27.4 Å². The van der Waals surface area contributed by atoms with Crippen LogP contribution in [-0.4, -0.2) is 23.6 Å². The monoisotopic (exact) mass is 315 g/mol. The first-order valence-corrected chi connectivity index (χ1v) is 7.35. The summed E-state index contributed by atoms with van der Waals surface area (Å²) in [7, 11) is 0. The minimum atomic E-state index is -1.04. The molecule has 6 nitrogen and oxygen atoms in total. The standard InChI is InChI=1S/C17H17NO5/c1-10-14(17(20)21)7-13(23-10)8-18-16(19)12-6-11-4-2-3-5-15(11)22-9-12/h2-5,7,12H,6,8-9H2,1H3,(H,18,19)(H,20,21). The zero-order valence-corrected chi connectivity index (χ0v) is 12.7. The normalized spacial score (nSPS) is 16.3. The van der Waals surface area contributed by atoms with Gasteiger partial charge in [-0.2, -0.15) is 0 Å². The number of furan rings is 1. The number of hydrogen-bond acceptors (Lipinski definition) is 4. The maximum absolute atomic E-state index is 12.3. The van der Waals surface area contributed by atoms with Crippen molar-refractivity contribution in [1.29, 1.82) is 0 Å². The summed E-state index contributed by atoms with van der Waals surface area (Å²) in [4.78, 5) is 23.2. The van der Waals surface area contributed by atoms with Gasteiger partial charge in [0, 0.05) is 0 Å². The second-order valence-corrected chi connectivity index (χ2v) is 5.53. The van der Waals surface area contributed by atoms with Crippen LogP contribution in [0.25, 0.3) is 0 Å². The summed E-state index contributed by atoms with van der Waals surface area (Å²) in [6.45, 7) is 2.08. The van der Waals surface area contributed by atoms with Gasteiger partial charge in [-0.05, 0) is 31.0 Å². The molecule has 1 aliphatic heterocycles. The van der Waals surface area contributed by atoms with Gasteiger partial charge < -0.3 is 19.6 Å². The lowest BCUT2D eigenvalue weighted by molar-refractivity contribution is -0.126. The Balaban J connectivity index is 1.60. The number of benzene rings is 1. The van der Waals surface area contributed by atoms with E-state index in [4.69, 9.17) is 14.3 Å². The van der Waals surface area contributed by atoms with Crippen molar-refractivity contribution in [2.24, 2.45) is 5.92 Å². The molecule has 1 aromatic carbocycles. The highest BCUT2D eigenvalue weighted by atomic mass is 16.5. The zero-order chi connectivity index (χ0) is 16.4. The summed E-state index contributed by atoms with van der Waals surface area (Å²) in [5.41, 5.74) is 1.13. The number of ether oxygens (including phenoxy) is 1. The molecule has 1 aliphatic rings. The molecular weight excluding hydrogens is 298 g/mol. The highest BCUT2D eigenvalue weighted by molar-refractivity contribution is 5.88. The van der Waals surface area contributed by atoms with E-state index in [1.807, 2.05) is 24.3 Å². The first-order chi connectivity index (χ1) is 11.0. The van der Waals surface area contributed by atoms with Crippen LogP contribution in [-0.2, 0) is 17.8 Å². The van der Waals surface area contributed by atoms with Gasteiger partial charge in [-0.3, -0.25) is 4.79 Å². The van der Waals surface area contributed by atoms with Crippen molar-refractivity contribution >= 4 is 11.9 Å². The molecule has 1 unspecified atom stereocenters. The number of para-hydroxylation sites is 1. The number of amides is 1. The molecule has 3 rings (SSSR count). The van der Waals surface area contributed by atoms with E-state index >= 15 is 0 Å².